The summed E-state index contributed by atoms with van der Waals surface area (Å²) in [5.74, 6) is -3.16. The molecule has 0 fully saturated rings. The van der Waals surface area contributed by atoms with Crippen LogP contribution in [0.4, 0.5) is 11.6 Å². The van der Waals surface area contributed by atoms with Crippen LogP contribution in [0, 0.1) is 0 Å². The SMILES string of the molecule is Nc1nc2ncc(CNc3ccc(C(=O)NC(CCC(=O)O)C(=O)O)cc3)nc2c(=O)[nH]1.[Al+3].[OH-].[OH-].[OH-]. The van der Waals surface area contributed by atoms with Gasteiger partial charge >= 0.3 is 29.3 Å². The number of fused-ring (bicyclic) bond motifs is 1. The van der Waals surface area contributed by atoms with Gasteiger partial charge in [-0.1, -0.05) is 0 Å². The summed E-state index contributed by atoms with van der Waals surface area (Å²) in [4.78, 5) is 60.6. The molecular formula is C19H22AlN7O9. The average molecular weight is 519 g/mol. The number of H-pyrrole nitrogens is 1. The van der Waals surface area contributed by atoms with Gasteiger partial charge in [-0.15, -0.1) is 0 Å². The summed E-state index contributed by atoms with van der Waals surface area (Å²) in [6.07, 6.45) is 0.840. The van der Waals surface area contributed by atoms with Gasteiger partial charge in [0.15, 0.2) is 11.2 Å². The van der Waals surface area contributed by atoms with E-state index < -0.39 is 29.4 Å². The van der Waals surface area contributed by atoms with Gasteiger partial charge in [-0.3, -0.25) is 19.4 Å². The second-order valence-corrected chi connectivity index (χ2v) is 6.71. The number of carbonyl (C=O) groups excluding carboxylic acids is 1. The molecule has 17 heteroatoms. The Bertz CT molecular complexity index is 1240. The molecule has 0 aliphatic heterocycles. The van der Waals surface area contributed by atoms with E-state index in [2.05, 4.69) is 30.6 Å². The van der Waals surface area contributed by atoms with Gasteiger partial charge < -0.3 is 43.0 Å². The van der Waals surface area contributed by atoms with E-state index >= 15 is 0 Å². The molecule has 36 heavy (non-hydrogen) atoms. The van der Waals surface area contributed by atoms with Gasteiger partial charge in [0.2, 0.25) is 5.95 Å². The zero-order chi connectivity index (χ0) is 23.3. The summed E-state index contributed by atoms with van der Waals surface area (Å²) in [5.41, 5.74) is 6.47. The largest absolute Gasteiger partial charge is 3.00 e. The molecule has 2 heterocycles. The second-order valence-electron chi connectivity index (χ2n) is 6.71. The Labute approximate surface area is 213 Å². The number of rotatable bonds is 9. The number of nitrogen functional groups attached to an aromatic ring is 1. The van der Waals surface area contributed by atoms with Crippen LogP contribution in [0.1, 0.15) is 28.9 Å². The number of benzene rings is 1. The molecule has 0 radical (unpaired) electrons. The van der Waals surface area contributed by atoms with E-state index in [-0.39, 0.29) is 75.9 Å². The molecule has 190 valence electrons. The van der Waals surface area contributed by atoms with Crippen molar-refractivity contribution >= 4 is 58.0 Å². The van der Waals surface area contributed by atoms with E-state index in [1.54, 1.807) is 12.1 Å². The number of nitrogens with two attached hydrogens (primary N) is 1. The van der Waals surface area contributed by atoms with Crippen LogP contribution in [0.5, 0.6) is 0 Å². The Hall–Kier alpha value is -4.14. The van der Waals surface area contributed by atoms with Crippen molar-refractivity contribution < 1.29 is 41.0 Å². The first-order valence-electron chi connectivity index (χ1n) is 9.33. The summed E-state index contributed by atoms with van der Waals surface area (Å²) < 4.78 is 0. The Kier molecular flexibility index (Phi) is 14.2. The van der Waals surface area contributed by atoms with Crippen molar-refractivity contribution in [3.8, 4) is 0 Å². The molecule has 1 atom stereocenters. The van der Waals surface area contributed by atoms with Crippen LogP contribution in [-0.4, -0.2) is 87.8 Å². The van der Waals surface area contributed by atoms with Crippen molar-refractivity contribution in [2.24, 2.45) is 0 Å². The Morgan fingerprint density at radius 3 is 2.28 bits per heavy atom. The van der Waals surface area contributed by atoms with E-state index in [4.69, 9.17) is 15.9 Å². The normalized spacial score (nSPS) is 10.3. The van der Waals surface area contributed by atoms with Crippen LogP contribution >= 0.6 is 0 Å². The summed E-state index contributed by atoms with van der Waals surface area (Å²) >= 11 is 0. The van der Waals surface area contributed by atoms with Crippen molar-refractivity contribution in [1.29, 1.82) is 0 Å². The summed E-state index contributed by atoms with van der Waals surface area (Å²) in [7, 11) is 0. The van der Waals surface area contributed by atoms with Crippen LogP contribution in [0.25, 0.3) is 11.2 Å². The third kappa shape index (κ3) is 8.90. The number of nitrogens with one attached hydrogen (secondary N) is 3. The Balaban J connectivity index is 0. The average Bonchev–Trinajstić information content (AvgIpc) is 2.75. The zero-order valence-corrected chi connectivity index (χ0v) is 19.6. The van der Waals surface area contributed by atoms with Crippen LogP contribution < -0.4 is 21.9 Å². The van der Waals surface area contributed by atoms with E-state index in [0.29, 0.717) is 11.4 Å². The zero-order valence-electron chi connectivity index (χ0n) is 18.5. The molecule has 3 aromatic rings. The van der Waals surface area contributed by atoms with Crippen LogP contribution in [0.15, 0.2) is 35.3 Å². The molecule has 1 aromatic carbocycles. The number of carboxylic acid groups (broad SMARTS) is 2. The molecule has 0 spiro atoms. The molecule has 3 rings (SSSR count). The maximum absolute atomic E-state index is 12.3. The van der Waals surface area contributed by atoms with Gasteiger partial charge in [0.05, 0.1) is 18.4 Å². The van der Waals surface area contributed by atoms with Crippen molar-refractivity contribution in [2.45, 2.75) is 25.4 Å². The maximum atomic E-state index is 12.3. The van der Waals surface area contributed by atoms with Crippen molar-refractivity contribution in [1.82, 2.24) is 25.3 Å². The molecule has 1 amide bonds. The summed E-state index contributed by atoms with van der Waals surface area (Å²) in [5, 5.41) is 23.2. The third-order valence-electron chi connectivity index (χ3n) is 4.36. The van der Waals surface area contributed by atoms with Gasteiger partial charge in [0, 0.05) is 17.7 Å². The van der Waals surface area contributed by atoms with Gasteiger partial charge in [0.25, 0.3) is 11.5 Å². The predicted molar refractivity (Wildman–Crippen MR) is 123 cm³/mol. The van der Waals surface area contributed by atoms with Crippen molar-refractivity contribution in [3.05, 3.63) is 52.1 Å². The monoisotopic (exact) mass is 519 g/mol. The second kappa shape index (κ2) is 15.0. The Morgan fingerprint density at radius 1 is 1.06 bits per heavy atom. The quantitative estimate of drug-likeness (QED) is 0.186. The first kappa shape index (κ1) is 34.0. The van der Waals surface area contributed by atoms with E-state index in [9.17, 15) is 19.2 Å². The standard InChI is InChI=1S/C19H19N7O6.Al.3H2O/c20-19-25-15-14(17(30)26-19)23-11(8-22-15)7-21-10-3-1-9(2-4-10)16(29)24-12(18(31)32)5-6-13(27)28;;;;/h1-4,8,12,21H,5-7H2,(H,24,29)(H,27,28)(H,31,32)(H3,20,22,25,26,30);;3*1H2/q;+3;;;/p-3. The number of aromatic nitrogens is 4. The van der Waals surface area contributed by atoms with Gasteiger partial charge in [-0.2, -0.15) is 4.98 Å². The first-order valence-corrected chi connectivity index (χ1v) is 9.33. The number of hydrogen-bond acceptors (Lipinski definition) is 12. The summed E-state index contributed by atoms with van der Waals surface area (Å²) in [6.45, 7) is 0.231. The fourth-order valence-electron chi connectivity index (χ4n) is 2.75. The fourth-order valence-corrected chi connectivity index (χ4v) is 2.75. The molecule has 2 aromatic heterocycles. The first-order chi connectivity index (χ1) is 15.2. The minimum absolute atomic E-state index is 0. The van der Waals surface area contributed by atoms with Crippen LogP contribution in [0.3, 0.4) is 0 Å². The fraction of sp³-hybridized carbons (Fsp3) is 0.211. The van der Waals surface area contributed by atoms with E-state index in [0.717, 1.165) is 0 Å². The van der Waals surface area contributed by atoms with E-state index in [1.807, 2.05) is 0 Å². The van der Waals surface area contributed by atoms with Crippen molar-refractivity contribution in [3.63, 3.8) is 0 Å². The minimum atomic E-state index is -1.31. The van der Waals surface area contributed by atoms with E-state index in [1.165, 1.54) is 18.3 Å². The number of aliphatic carboxylic acids is 2. The number of carbonyl (C=O) groups is 3. The van der Waals surface area contributed by atoms with Crippen LogP contribution in [0.2, 0.25) is 0 Å². The molecule has 0 aliphatic carbocycles. The smallest absolute Gasteiger partial charge is 0.870 e. The molecule has 0 saturated carbocycles. The Morgan fingerprint density at radius 2 is 1.69 bits per heavy atom. The number of hydrogen-bond donors (Lipinski definition) is 6. The molecule has 0 saturated heterocycles. The van der Waals surface area contributed by atoms with Crippen molar-refractivity contribution in [2.75, 3.05) is 11.1 Å². The maximum Gasteiger partial charge on any atom is 3.00 e. The molecule has 16 nitrogen and oxygen atoms in total. The minimum Gasteiger partial charge on any atom is -0.870 e. The van der Waals surface area contributed by atoms with Gasteiger partial charge in [-0.25, -0.2) is 14.8 Å². The molecule has 10 N–H and O–H groups in total. The molecule has 0 bridgehead atoms. The third-order valence-corrected chi connectivity index (χ3v) is 4.36. The molecular weight excluding hydrogens is 497 g/mol. The number of amides is 1. The molecule has 1 unspecified atom stereocenters. The number of carboxylic acids is 2. The number of anilines is 2. The predicted octanol–water partition coefficient (Wildman–Crippen LogP) is -0.956. The van der Waals surface area contributed by atoms with Crippen LogP contribution in [-0.2, 0) is 16.1 Å². The van der Waals surface area contributed by atoms with Gasteiger partial charge in [-0.05, 0) is 30.7 Å². The van der Waals surface area contributed by atoms with Gasteiger partial charge in [0.1, 0.15) is 6.04 Å². The number of nitrogens with zero attached hydrogens (tertiary/aromatic N) is 3. The topological polar surface area (TPSA) is 303 Å². The number of aromatic amines is 1. The molecule has 0 aliphatic rings. The summed E-state index contributed by atoms with van der Waals surface area (Å²) in [6, 6.07) is 4.86.